The number of nitrogens with one attached hydrogen (secondary N) is 1. The summed E-state index contributed by atoms with van der Waals surface area (Å²) in [5, 5.41) is 3.47. The molecule has 0 unspecified atom stereocenters. The van der Waals surface area contributed by atoms with Crippen molar-refractivity contribution in [1.29, 1.82) is 0 Å². The van der Waals surface area contributed by atoms with Crippen molar-refractivity contribution in [3.05, 3.63) is 22.7 Å². The molecule has 0 radical (unpaired) electrons. The van der Waals surface area contributed by atoms with E-state index in [1.54, 1.807) is 7.11 Å². The predicted octanol–water partition coefficient (Wildman–Crippen LogP) is 3.61. The van der Waals surface area contributed by atoms with Gasteiger partial charge in [-0.3, -0.25) is 0 Å². The largest absolute Gasteiger partial charge is 0.493 e. The van der Waals surface area contributed by atoms with Gasteiger partial charge in [-0.05, 0) is 40.9 Å². The first kappa shape index (κ1) is 15.3. The lowest BCUT2D eigenvalue weighted by molar-refractivity contribution is 0.282. The van der Waals surface area contributed by atoms with E-state index < -0.39 is 0 Å². The van der Waals surface area contributed by atoms with Crippen molar-refractivity contribution in [2.45, 2.75) is 32.7 Å². The molecule has 0 aliphatic heterocycles. The van der Waals surface area contributed by atoms with Gasteiger partial charge >= 0.3 is 0 Å². The van der Waals surface area contributed by atoms with Crippen molar-refractivity contribution < 1.29 is 9.47 Å². The fourth-order valence-electron chi connectivity index (χ4n) is 1.78. The molecule has 0 bridgehead atoms. The van der Waals surface area contributed by atoms with E-state index in [-0.39, 0.29) is 0 Å². The molecule has 0 spiro atoms. The molecule has 0 heterocycles. The Balaban J connectivity index is 2.44. The number of hydrogen-bond donors (Lipinski definition) is 1. The molecule has 1 N–H and O–H groups in total. The normalized spacial score (nSPS) is 10.7. The number of halogens is 1. The molecule has 0 atom stereocenters. The van der Waals surface area contributed by atoms with Crippen molar-refractivity contribution in [3.8, 4) is 11.5 Å². The first-order valence-electron chi connectivity index (χ1n) is 6.41. The van der Waals surface area contributed by atoms with Gasteiger partial charge in [0.25, 0.3) is 0 Å². The first-order chi connectivity index (χ1) is 8.72. The highest BCUT2D eigenvalue weighted by Crippen LogP contribution is 2.34. The van der Waals surface area contributed by atoms with Gasteiger partial charge in [-0.2, -0.15) is 0 Å². The van der Waals surface area contributed by atoms with E-state index in [1.165, 1.54) is 0 Å². The third-order valence-electron chi connectivity index (χ3n) is 2.92. The summed E-state index contributed by atoms with van der Waals surface area (Å²) < 4.78 is 12.0. The molecule has 0 saturated carbocycles. The highest BCUT2D eigenvalue weighted by molar-refractivity contribution is 9.10. The van der Waals surface area contributed by atoms with Crippen molar-refractivity contribution in [3.63, 3.8) is 0 Å². The Morgan fingerprint density at radius 3 is 2.61 bits per heavy atom. The van der Waals surface area contributed by atoms with Crippen molar-refractivity contribution in [1.82, 2.24) is 5.32 Å². The number of para-hydroxylation sites is 1. The quantitative estimate of drug-likeness (QED) is 0.743. The molecule has 102 valence electrons. The van der Waals surface area contributed by atoms with E-state index in [0.29, 0.717) is 12.6 Å². The van der Waals surface area contributed by atoms with Gasteiger partial charge in [0, 0.05) is 12.6 Å². The minimum Gasteiger partial charge on any atom is -0.493 e. The fraction of sp³-hybridized carbons (Fsp3) is 0.571. The van der Waals surface area contributed by atoms with Crippen LogP contribution < -0.4 is 14.8 Å². The number of benzene rings is 1. The summed E-state index contributed by atoms with van der Waals surface area (Å²) in [5.41, 5.74) is 0. The Morgan fingerprint density at radius 1 is 1.28 bits per heavy atom. The lowest BCUT2D eigenvalue weighted by Gasteiger charge is -2.16. The monoisotopic (exact) mass is 315 g/mol. The molecule has 0 amide bonds. The summed E-state index contributed by atoms with van der Waals surface area (Å²) in [6.07, 6.45) is 2.30. The van der Waals surface area contributed by atoms with Crippen molar-refractivity contribution in [2.24, 2.45) is 0 Å². The minimum absolute atomic E-state index is 0.578. The molecular weight excluding hydrogens is 294 g/mol. The molecule has 3 nitrogen and oxygen atoms in total. The second kappa shape index (κ2) is 8.38. The van der Waals surface area contributed by atoms with Gasteiger partial charge in [0.1, 0.15) is 6.61 Å². The number of rotatable bonds is 8. The van der Waals surface area contributed by atoms with Crippen LogP contribution in [0.15, 0.2) is 22.7 Å². The highest BCUT2D eigenvalue weighted by atomic mass is 79.9. The second-order valence-corrected chi connectivity index (χ2v) is 4.94. The molecule has 0 saturated heterocycles. The summed E-state index contributed by atoms with van der Waals surface area (Å²) in [4.78, 5) is 0. The maximum atomic E-state index is 5.76. The van der Waals surface area contributed by atoms with Gasteiger partial charge < -0.3 is 14.8 Å². The van der Waals surface area contributed by atoms with Crippen LogP contribution in [-0.2, 0) is 0 Å². The van der Waals surface area contributed by atoms with Crippen LogP contribution in [0.4, 0.5) is 0 Å². The van der Waals surface area contributed by atoms with Crippen molar-refractivity contribution >= 4 is 15.9 Å². The van der Waals surface area contributed by atoms with E-state index in [4.69, 9.17) is 9.47 Å². The highest BCUT2D eigenvalue weighted by Gasteiger charge is 2.08. The Bertz CT molecular complexity index is 354. The third kappa shape index (κ3) is 4.50. The van der Waals surface area contributed by atoms with Gasteiger partial charge in [-0.15, -0.1) is 0 Å². The number of hydrogen-bond acceptors (Lipinski definition) is 3. The lowest BCUT2D eigenvalue weighted by atomic mass is 10.2. The van der Waals surface area contributed by atoms with Gasteiger partial charge in [0.05, 0.1) is 11.6 Å². The van der Waals surface area contributed by atoms with Gasteiger partial charge in [0.15, 0.2) is 11.5 Å². The fourth-order valence-corrected chi connectivity index (χ4v) is 2.25. The Morgan fingerprint density at radius 2 is 2.00 bits per heavy atom. The summed E-state index contributed by atoms with van der Waals surface area (Å²) in [5.74, 6) is 1.53. The van der Waals surface area contributed by atoms with E-state index in [0.717, 1.165) is 35.4 Å². The van der Waals surface area contributed by atoms with E-state index in [9.17, 15) is 0 Å². The van der Waals surface area contributed by atoms with Crippen LogP contribution in [0.5, 0.6) is 11.5 Å². The lowest BCUT2D eigenvalue weighted by Crippen LogP contribution is -2.31. The maximum absolute atomic E-state index is 5.76. The zero-order valence-electron chi connectivity index (χ0n) is 11.3. The summed E-state index contributed by atoms with van der Waals surface area (Å²) in [6, 6.07) is 6.36. The van der Waals surface area contributed by atoms with Crippen molar-refractivity contribution in [2.75, 3.05) is 20.3 Å². The minimum atomic E-state index is 0.578. The third-order valence-corrected chi connectivity index (χ3v) is 3.54. The molecule has 0 aromatic heterocycles. The zero-order valence-corrected chi connectivity index (χ0v) is 12.9. The van der Waals surface area contributed by atoms with Crippen LogP contribution in [0.25, 0.3) is 0 Å². The molecule has 4 heteroatoms. The second-order valence-electron chi connectivity index (χ2n) is 4.09. The van der Waals surface area contributed by atoms with Crippen LogP contribution >= 0.6 is 15.9 Å². The van der Waals surface area contributed by atoms with Gasteiger partial charge in [0.2, 0.25) is 0 Å². The Kier molecular flexibility index (Phi) is 7.13. The van der Waals surface area contributed by atoms with E-state index >= 15 is 0 Å². The van der Waals surface area contributed by atoms with E-state index in [1.807, 2.05) is 18.2 Å². The number of ether oxygens (including phenoxy) is 2. The summed E-state index contributed by atoms with van der Waals surface area (Å²) in [7, 11) is 1.65. The Labute approximate surface area is 118 Å². The molecular formula is C14H22BrNO2. The smallest absolute Gasteiger partial charge is 0.175 e. The first-order valence-corrected chi connectivity index (χ1v) is 7.20. The number of methoxy groups -OCH3 is 1. The molecule has 1 aromatic rings. The van der Waals surface area contributed by atoms with Crippen LogP contribution in [0.2, 0.25) is 0 Å². The van der Waals surface area contributed by atoms with Crippen LogP contribution in [0.1, 0.15) is 26.7 Å². The van der Waals surface area contributed by atoms with E-state index in [2.05, 4.69) is 35.1 Å². The van der Waals surface area contributed by atoms with Gasteiger partial charge in [-0.1, -0.05) is 19.9 Å². The topological polar surface area (TPSA) is 30.5 Å². The molecule has 0 fully saturated rings. The predicted molar refractivity (Wildman–Crippen MR) is 78.6 cm³/mol. The molecule has 18 heavy (non-hydrogen) atoms. The maximum Gasteiger partial charge on any atom is 0.175 e. The standard InChI is InChI=1S/C14H22BrNO2/c1-4-11(5-2)16-9-10-18-14-12(15)7-6-8-13(14)17-3/h6-8,11,16H,4-5,9-10H2,1-3H3. The zero-order chi connectivity index (χ0) is 13.4. The summed E-state index contributed by atoms with van der Waals surface area (Å²) in [6.45, 7) is 5.87. The van der Waals surface area contributed by atoms with Crippen LogP contribution in [-0.4, -0.2) is 26.3 Å². The molecule has 0 aliphatic rings. The average Bonchev–Trinajstić information content (AvgIpc) is 2.40. The SMILES string of the molecule is CCC(CC)NCCOc1c(Br)cccc1OC. The molecule has 0 aliphatic carbocycles. The summed E-state index contributed by atoms with van der Waals surface area (Å²) >= 11 is 3.47. The average molecular weight is 316 g/mol. The Hall–Kier alpha value is -0.740. The van der Waals surface area contributed by atoms with Crippen LogP contribution in [0.3, 0.4) is 0 Å². The molecule has 1 aromatic carbocycles. The van der Waals surface area contributed by atoms with Gasteiger partial charge in [-0.25, -0.2) is 0 Å². The molecule has 1 rings (SSSR count). The van der Waals surface area contributed by atoms with Crippen LogP contribution in [0, 0.1) is 0 Å².